The molecule has 2 unspecified atom stereocenters. The van der Waals surface area contributed by atoms with Gasteiger partial charge < -0.3 is 20.7 Å². The van der Waals surface area contributed by atoms with E-state index in [9.17, 15) is 4.79 Å². The highest BCUT2D eigenvalue weighted by molar-refractivity contribution is 5.92. The number of anilines is 1. The minimum absolute atomic E-state index is 0.00335. The minimum Gasteiger partial charge on any atom is -0.370 e. The summed E-state index contributed by atoms with van der Waals surface area (Å²) in [6, 6.07) is 3.49. The molecule has 1 saturated heterocycles. The maximum atomic E-state index is 11.6. The second-order valence-corrected chi connectivity index (χ2v) is 4.85. The summed E-state index contributed by atoms with van der Waals surface area (Å²) < 4.78 is 5.70. The van der Waals surface area contributed by atoms with E-state index in [0.717, 1.165) is 12.4 Å². The van der Waals surface area contributed by atoms with E-state index in [-0.39, 0.29) is 18.1 Å². The Morgan fingerprint density at radius 1 is 1.50 bits per heavy atom. The van der Waals surface area contributed by atoms with Gasteiger partial charge in [-0.2, -0.15) is 0 Å². The van der Waals surface area contributed by atoms with Crippen molar-refractivity contribution in [1.29, 1.82) is 0 Å². The Balaban J connectivity index is 2.07. The molecule has 1 amide bonds. The molecule has 0 saturated carbocycles. The number of nitrogens with zero attached hydrogens (tertiary/aromatic N) is 3. The van der Waals surface area contributed by atoms with Gasteiger partial charge in [0.2, 0.25) is 0 Å². The molecule has 0 aliphatic carbocycles. The van der Waals surface area contributed by atoms with Gasteiger partial charge in [-0.3, -0.25) is 4.79 Å². The molecule has 0 bridgehead atoms. The minimum atomic E-state index is -0.207. The van der Waals surface area contributed by atoms with Crippen molar-refractivity contribution in [2.45, 2.75) is 26.1 Å². The van der Waals surface area contributed by atoms with Gasteiger partial charge in [-0.1, -0.05) is 0 Å². The molecule has 7 heteroatoms. The fourth-order valence-electron chi connectivity index (χ4n) is 2.23. The summed E-state index contributed by atoms with van der Waals surface area (Å²) in [4.78, 5) is 13.7. The smallest absolute Gasteiger partial charge is 0.271 e. The average molecular weight is 279 g/mol. The highest BCUT2D eigenvalue weighted by Crippen LogP contribution is 2.17. The molecule has 0 radical (unpaired) electrons. The van der Waals surface area contributed by atoms with Crippen LogP contribution in [-0.4, -0.2) is 54.5 Å². The number of carbonyl (C=O) groups excluding carboxylic acids is 1. The summed E-state index contributed by atoms with van der Waals surface area (Å²) in [5, 5.41) is 10.8. The Kier molecular flexibility index (Phi) is 4.86. The first-order valence-electron chi connectivity index (χ1n) is 6.86. The number of hydrogen-bond donors (Lipinski definition) is 2. The summed E-state index contributed by atoms with van der Waals surface area (Å²) in [6.45, 7) is 6.35. The van der Waals surface area contributed by atoms with Gasteiger partial charge in [0.25, 0.3) is 5.91 Å². The molecule has 2 atom stereocenters. The third kappa shape index (κ3) is 3.43. The summed E-state index contributed by atoms with van der Waals surface area (Å²) in [7, 11) is 0. The normalized spacial score (nSPS) is 22.6. The second kappa shape index (κ2) is 6.62. The number of aromatic nitrogens is 2. The molecular weight excluding hydrogens is 258 g/mol. The largest absolute Gasteiger partial charge is 0.370 e. The Hall–Kier alpha value is -1.73. The number of nitrogens with one attached hydrogen (secondary N) is 1. The molecule has 3 N–H and O–H groups in total. The molecule has 1 aromatic rings. The predicted octanol–water partition coefficient (Wildman–Crippen LogP) is -0.221. The number of hydrogen-bond acceptors (Lipinski definition) is 6. The fraction of sp³-hybridized carbons (Fsp3) is 0.615. The number of nitrogens with two attached hydrogens (primary N) is 1. The topological polar surface area (TPSA) is 93.4 Å². The Morgan fingerprint density at radius 3 is 2.90 bits per heavy atom. The molecule has 0 spiro atoms. The van der Waals surface area contributed by atoms with Crippen molar-refractivity contribution in [2.24, 2.45) is 5.73 Å². The van der Waals surface area contributed by atoms with Gasteiger partial charge in [0.15, 0.2) is 11.5 Å². The van der Waals surface area contributed by atoms with E-state index in [2.05, 4.69) is 20.4 Å². The zero-order chi connectivity index (χ0) is 14.5. The summed E-state index contributed by atoms with van der Waals surface area (Å²) >= 11 is 0. The maximum absolute atomic E-state index is 11.6. The molecule has 1 aromatic heterocycles. The first-order chi connectivity index (χ1) is 9.63. The van der Waals surface area contributed by atoms with Gasteiger partial charge in [0, 0.05) is 26.2 Å². The van der Waals surface area contributed by atoms with Crippen LogP contribution < -0.4 is 16.0 Å². The number of carbonyl (C=O) groups is 1. The van der Waals surface area contributed by atoms with Crippen LogP contribution >= 0.6 is 0 Å². The van der Waals surface area contributed by atoms with Crippen LogP contribution in [0.4, 0.5) is 5.82 Å². The van der Waals surface area contributed by atoms with Crippen molar-refractivity contribution in [3.63, 3.8) is 0 Å². The van der Waals surface area contributed by atoms with E-state index in [4.69, 9.17) is 10.5 Å². The van der Waals surface area contributed by atoms with Crippen molar-refractivity contribution >= 4 is 11.7 Å². The highest BCUT2D eigenvalue weighted by atomic mass is 16.5. The van der Waals surface area contributed by atoms with E-state index >= 15 is 0 Å². The van der Waals surface area contributed by atoms with Crippen LogP contribution in [0, 0.1) is 0 Å². The van der Waals surface area contributed by atoms with Gasteiger partial charge in [-0.05, 0) is 26.0 Å². The van der Waals surface area contributed by atoms with Crippen molar-refractivity contribution < 1.29 is 9.53 Å². The van der Waals surface area contributed by atoms with Crippen LogP contribution in [0.15, 0.2) is 12.1 Å². The lowest BCUT2D eigenvalue weighted by Gasteiger charge is -2.36. The second-order valence-electron chi connectivity index (χ2n) is 4.85. The first-order valence-corrected chi connectivity index (χ1v) is 6.86. The lowest BCUT2D eigenvalue weighted by atomic mass is 10.2. The zero-order valence-corrected chi connectivity index (χ0v) is 11.9. The molecule has 1 fully saturated rings. The first kappa shape index (κ1) is 14.7. The van der Waals surface area contributed by atoms with Crippen LogP contribution in [-0.2, 0) is 4.74 Å². The van der Waals surface area contributed by atoms with Crippen LogP contribution in [0.25, 0.3) is 0 Å². The van der Waals surface area contributed by atoms with Crippen molar-refractivity contribution in [1.82, 2.24) is 15.5 Å². The molecule has 20 heavy (non-hydrogen) atoms. The van der Waals surface area contributed by atoms with Crippen LogP contribution in [0.1, 0.15) is 24.3 Å². The molecular formula is C13H21N5O2. The predicted molar refractivity (Wildman–Crippen MR) is 75.6 cm³/mol. The van der Waals surface area contributed by atoms with Crippen molar-refractivity contribution in [3.8, 4) is 0 Å². The Morgan fingerprint density at radius 2 is 2.30 bits per heavy atom. The third-order valence-electron chi connectivity index (χ3n) is 3.13. The SMILES string of the molecule is CCNC(=O)c1ccc(N2CC(C)OC(CN)C2)nn1. The molecule has 0 aromatic carbocycles. The highest BCUT2D eigenvalue weighted by Gasteiger charge is 2.25. The fourth-order valence-corrected chi connectivity index (χ4v) is 2.23. The van der Waals surface area contributed by atoms with Crippen LogP contribution in [0.3, 0.4) is 0 Å². The van der Waals surface area contributed by atoms with Gasteiger partial charge in [0.1, 0.15) is 0 Å². The quantitative estimate of drug-likeness (QED) is 0.791. The lowest BCUT2D eigenvalue weighted by molar-refractivity contribution is -0.0107. The maximum Gasteiger partial charge on any atom is 0.271 e. The lowest BCUT2D eigenvalue weighted by Crippen LogP contribution is -2.49. The number of ether oxygens (including phenoxy) is 1. The Bertz CT molecular complexity index is 451. The molecule has 110 valence electrons. The van der Waals surface area contributed by atoms with E-state index in [1.807, 2.05) is 19.9 Å². The van der Waals surface area contributed by atoms with Gasteiger partial charge in [0.05, 0.1) is 12.2 Å². The standard InChI is InChI=1S/C13H21N5O2/c1-3-15-13(19)11-4-5-12(17-16-11)18-7-9(2)20-10(6-14)8-18/h4-5,9-10H,3,6-8,14H2,1-2H3,(H,15,19). The number of morpholine rings is 1. The number of amides is 1. The summed E-state index contributed by atoms with van der Waals surface area (Å²) in [5.41, 5.74) is 5.99. The third-order valence-corrected chi connectivity index (χ3v) is 3.13. The molecule has 2 rings (SSSR count). The molecule has 2 heterocycles. The van der Waals surface area contributed by atoms with E-state index in [1.54, 1.807) is 6.07 Å². The van der Waals surface area contributed by atoms with Crippen LogP contribution in [0.5, 0.6) is 0 Å². The van der Waals surface area contributed by atoms with E-state index < -0.39 is 0 Å². The molecule has 1 aliphatic heterocycles. The van der Waals surface area contributed by atoms with Gasteiger partial charge >= 0.3 is 0 Å². The van der Waals surface area contributed by atoms with E-state index in [0.29, 0.717) is 25.3 Å². The van der Waals surface area contributed by atoms with Gasteiger partial charge in [-0.15, -0.1) is 10.2 Å². The molecule has 7 nitrogen and oxygen atoms in total. The number of rotatable bonds is 4. The van der Waals surface area contributed by atoms with E-state index in [1.165, 1.54) is 0 Å². The zero-order valence-electron chi connectivity index (χ0n) is 11.9. The summed E-state index contributed by atoms with van der Waals surface area (Å²) in [5.74, 6) is 0.536. The van der Waals surface area contributed by atoms with Crippen molar-refractivity contribution in [3.05, 3.63) is 17.8 Å². The monoisotopic (exact) mass is 279 g/mol. The molecule has 1 aliphatic rings. The Labute approximate surface area is 118 Å². The van der Waals surface area contributed by atoms with Crippen molar-refractivity contribution in [2.75, 3.05) is 31.1 Å². The van der Waals surface area contributed by atoms with Gasteiger partial charge in [-0.25, -0.2) is 0 Å². The van der Waals surface area contributed by atoms with Crippen LogP contribution in [0.2, 0.25) is 0 Å². The summed E-state index contributed by atoms with van der Waals surface area (Å²) in [6.07, 6.45) is 0.103. The average Bonchev–Trinajstić information content (AvgIpc) is 2.47.